The summed E-state index contributed by atoms with van der Waals surface area (Å²) in [7, 11) is 0. The summed E-state index contributed by atoms with van der Waals surface area (Å²) in [4.78, 5) is 3.85. The Morgan fingerprint density at radius 2 is 2.17 bits per heavy atom. The van der Waals surface area contributed by atoms with Gasteiger partial charge >= 0.3 is 0 Å². The summed E-state index contributed by atoms with van der Waals surface area (Å²) in [5.41, 5.74) is 6.06. The van der Waals surface area contributed by atoms with E-state index in [1.54, 1.807) is 0 Å². The number of hydrogen-bond donors (Lipinski definition) is 1. The van der Waals surface area contributed by atoms with E-state index in [1.807, 2.05) is 6.07 Å². The molecule has 0 unspecified atom stereocenters. The topological polar surface area (TPSA) is 71.9 Å². The summed E-state index contributed by atoms with van der Waals surface area (Å²) in [6, 6.07) is 7.11. The molecule has 0 radical (unpaired) electrons. The van der Waals surface area contributed by atoms with E-state index >= 15 is 0 Å². The van der Waals surface area contributed by atoms with Crippen LogP contribution in [0, 0.1) is 17.1 Å². The number of nitrogen functional groups attached to an aromatic ring is 1. The van der Waals surface area contributed by atoms with Gasteiger partial charge in [0.1, 0.15) is 5.02 Å². The molecule has 0 aliphatic rings. The quantitative estimate of drug-likeness (QED) is 0.903. The maximum Gasteiger partial charge on any atom is 0.238 e. The molecule has 90 valence electrons. The predicted octanol–water partition coefficient (Wildman–Crippen LogP) is 3.12. The predicted molar refractivity (Wildman–Crippen MR) is 64.8 cm³/mol. The van der Waals surface area contributed by atoms with Crippen LogP contribution in [0.15, 0.2) is 30.5 Å². The van der Waals surface area contributed by atoms with Crippen molar-refractivity contribution in [2.45, 2.75) is 0 Å². The average molecular weight is 264 g/mol. The molecule has 0 saturated carbocycles. The number of benzene rings is 1. The van der Waals surface area contributed by atoms with E-state index in [0.29, 0.717) is 5.69 Å². The molecule has 1 aromatic carbocycles. The summed E-state index contributed by atoms with van der Waals surface area (Å²) in [6.45, 7) is 0. The fourth-order valence-corrected chi connectivity index (χ4v) is 1.49. The molecule has 0 bridgehead atoms. The summed E-state index contributed by atoms with van der Waals surface area (Å²) in [5, 5.41) is 8.79. The molecular weight excluding hydrogens is 257 g/mol. The van der Waals surface area contributed by atoms with E-state index in [1.165, 1.54) is 24.4 Å². The van der Waals surface area contributed by atoms with E-state index in [-0.39, 0.29) is 22.2 Å². The zero-order valence-electron chi connectivity index (χ0n) is 9.02. The van der Waals surface area contributed by atoms with Gasteiger partial charge in [-0.1, -0.05) is 11.6 Å². The molecule has 1 aromatic heterocycles. The summed E-state index contributed by atoms with van der Waals surface area (Å²) in [5.74, 6) is -0.675. The lowest BCUT2D eigenvalue weighted by atomic mass is 10.2. The Labute approximate surface area is 107 Å². The SMILES string of the molecule is N#Cc1ccc(Oc2ncc(N)cc2Cl)c(F)c1. The maximum absolute atomic E-state index is 13.6. The van der Waals surface area contributed by atoms with Gasteiger partial charge < -0.3 is 10.5 Å². The Morgan fingerprint density at radius 1 is 1.39 bits per heavy atom. The van der Waals surface area contributed by atoms with Gasteiger partial charge in [-0.25, -0.2) is 9.37 Å². The van der Waals surface area contributed by atoms with Crippen molar-refractivity contribution in [3.63, 3.8) is 0 Å². The first-order valence-corrected chi connectivity index (χ1v) is 5.26. The van der Waals surface area contributed by atoms with Gasteiger partial charge in [0, 0.05) is 0 Å². The third kappa shape index (κ3) is 2.50. The van der Waals surface area contributed by atoms with Crippen LogP contribution in [-0.2, 0) is 0 Å². The highest BCUT2D eigenvalue weighted by Crippen LogP contribution is 2.30. The van der Waals surface area contributed by atoms with Crippen LogP contribution >= 0.6 is 11.6 Å². The molecule has 2 aromatic rings. The first-order valence-electron chi connectivity index (χ1n) is 4.88. The van der Waals surface area contributed by atoms with Crippen LogP contribution in [0.2, 0.25) is 5.02 Å². The van der Waals surface area contributed by atoms with Crippen molar-refractivity contribution in [1.82, 2.24) is 4.98 Å². The van der Waals surface area contributed by atoms with E-state index in [0.717, 1.165) is 6.07 Å². The molecule has 0 fully saturated rings. The number of ether oxygens (including phenoxy) is 1. The Hall–Kier alpha value is -2.32. The standard InChI is InChI=1S/C12H7ClFN3O/c13-9-4-8(16)6-17-12(9)18-11-2-1-7(5-15)3-10(11)14/h1-4,6H,16H2. The summed E-state index contributed by atoms with van der Waals surface area (Å²) < 4.78 is 18.8. The second-order valence-corrected chi connectivity index (χ2v) is 3.82. The molecule has 2 rings (SSSR count). The normalized spacial score (nSPS) is 9.83. The molecule has 0 amide bonds. The van der Waals surface area contributed by atoms with Gasteiger partial charge in [-0.05, 0) is 24.3 Å². The van der Waals surface area contributed by atoms with Gasteiger partial charge in [0.25, 0.3) is 0 Å². The van der Waals surface area contributed by atoms with Gasteiger partial charge in [-0.15, -0.1) is 0 Å². The van der Waals surface area contributed by atoms with E-state index < -0.39 is 5.82 Å². The van der Waals surface area contributed by atoms with Crippen LogP contribution in [-0.4, -0.2) is 4.98 Å². The van der Waals surface area contributed by atoms with Crippen molar-refractivity contribution >= 4 is 17.3 Å². The Kier molecular flexibility index (Phi) is 3.31. The van der Waals surface area contributed by atoms with Gasteiger partial charge in [0.05, 0.1) is 23.5 Å². The molecule has 0 aliphatic heterocycles. The average Bonchev–Trinajstić information content (AvgIpc) is 2.34. The number of halogens is 2. The lowest BCUT2D eigenvalue weighted by Crippen LogP contribution is -1.94. The highest BCUT2D eigenvalue weighted by molar-refractivity contribution is 6.32. The molecule has 0 atom stereocenters. The lowest BCUT2D eigenvalue weighted by Gasteiger charge is -2.07. The number of anilines is 1. The minimum absolute atomic E-state index is 0.0504. The number of rotatable bonds is 2. The van der Waals surface area contributed by atoms with Crippen LogP contribution in [0.25, 0.3) is 0 Å². The molecule has 18 heavy (non-hydrogen) atoms. The monoisotopic (exact) mass is 263 g/mol. The first-order chi connectivity index (χ1) is 8.60. The summed E-state index contributed by atoms with van der Waals surface area (Å²) >= 11 is 5.85. The van der Waals surface area contributed by atoms with Gasteiger partial charge in [0.15, 0.2) is 11.6 Å². The fourth-order valence-electron chi connectivity index (χ4n) is 1.27. The van der Waals surface area contributed by atoms with Crippen molar-refractivity contribution in [3.05, 3.63) is 46.9 Å². The number of pyridine rings is 1. The maximum atomic E-state index is 13.6. The highest BCUT2D eigenvalue weighted by atomic mass is 35.5. The van der Waals surface area contributed by atoms with Crippen molar-refractivity contribution in [2.24, 2.45) is 0 Å². The Morgan fingerprint density at radius 3 is 2.78 bits per heavy atom. The lowest BCUT2D eigenvalue weighted by molar-refractivity contribution is 0.428. The van der Waals surface area contributed by atoms with E-state index in [4.69, 9.17) is 27.3 Å². The van der Waals surface area contributed by atoms with Gasteiger partial charge in [0.2, 0.25) is 5.88 Å². The minimum Gasteiger partial charge on any atom is -0.434 e. The van der Waals surface area contributed by atoms with Crippen molar-refractivity contribution in [1.29, 1.82) is 5.26 Å². The fraction of sp³-hybridized carbons (Fsp3) is 0. The smallest absolute Gasteiger partial charge is 0.238 e. The van der Waals surface area contributed by atoms with Crippen LogP contribution in [0.5, 0.6) is 11.6 Å². The zero-order valence-corrected chi connectivity index (χ0v) is 9.78. The van der Waals surface area contributed by atoms with Crippen molar-refractivity contribution in [3.8, 4) is 17.7 Å². The third-order valence-corrected chi connectivity index (χ3v) is 2.37. The van der Waals surface area contributed by atoms with Crippen molar-refractivity contribution < 1.29 is 9.13 Å². The number of nitrogens with two attached hydrogens (primary N) is 1. The van der Waals surface area contributed by atoms with E-state index in [9.17, 15) is 4.39 Å². The van der Waals surface area contributed by atoms with Crippen molar-refractivity contribution in [2.75, 3.05) is 5.73 Å². The van der Waals surface area contributed by atoms with Crippen LogP contribution in [0.3, 0.4) is 0 Å². The second kappa shape index (κ2) is 4.90. The van der Waals surface area contributed by atoms with Gasteiger partial charge in [-0.3, -0.25) is 0 Å². The van der Waals surface area contributed by atoms with Gasteiger partial charge in [-0.2, -0.15) is 5.26 Å². The van der Waals surface area contributed by atoms with Crippen LogP contribution < -0.4 is 10.5 Å². The number of hydrogen-bond acceptors (Lipinski definition) is 4. The molecular formula is C12H7ClFN3O. The first kappa shape index (κ1) is 12.1. The molecule has 0 saturated heterocycles. The highest BCUT2D eigenvalue weighted by Gasteiger charge is 2.10. The summed E-state index contributed by atoms with van der Waals surface area (Å²) in [6.07, 6.45) is 1.35. The molecule has 0 spiro atoms. The number of nitrogens with zero attached hydrogens (tertiary/aromatic N) is 2. The van der Waals surface area contributed by atoms with E-state index in [2.05, 4.69) is 4.98 Å². The molecule has 0 aliphatic carbocycles. The molecule has 2 N–H and O–H groups in total. The largest absolute Gasteiger partial charge is 0.434 e. The Bertz CT molecular complexity index is 640. The number of nitriles is 1. The van der Waals surface area contributed by atoms with Crippen LogP contribution in [0.4, 0.5) is 10.1 Å². The second-order valence-electron chi connectivity index (χ2n) is 3.41. The van der Waals surface area contributed by atoms with Crippen LogP contribution in [0.1, 0.15) is 5.56 Å². The third-order valence-electron chi connectivity index (χ3n) is 2.10. The molecule has 6 heteroatoms. The zero-order chi connectivity index (χ0) is 13.1. The molecule has 1 heterocycles. The molecule has 4 nitrogen and oxygen atoms in total. The minimum atomic E-state index is -0.663. The number of aromatic nitrogens is 1. The Balaban J connectivity index is 2.32.